The monoisotopic (exact) mass is 290 g/mol. The lowest BCUT2D eigenvalue weighted by Gasteiger charge is -2.33. The topological polar surface area (TPSA) is 50.1 Å². The summed E-state index contributed by atoms with van der Waals surface area (Å²) < 4.78 is 1.85. The lowest BCUT2D eigenvalue weighted by Crippen LogP contribution is -2.45. The quantitative estimate of drug-likeness (QED) is 0.660. The first-order valence-electron chi connectivity index (χ1n) is 7.33. The summed E-state index contributed by atoms with van der Waals surface area (Å²) in [5, 5.41) is 8.46. The summed E-state index contributed by atoms with van der Waals surface area (Å²) in [6.07, 6.45) is 1.82. The van der Waals surface area contributed by atoms with Crippen LogP contribution >= 0.6 is 0 Å². The second-order valence-corrected chi connectivity index (χ2v) is 5.39. The Morgan fingerprint density at radius 3 is 2.68 bits per heavy atom. The van der Waals surface area contributed by atoms with Gasteiger partial charge in [0.1, 0.15) is 11.3 Å². The number of fused-ring (bicyclic) bond motifs is 1. The standard InChI is InChI=1S/C15H15BN6/c16-21-9-7-20(8-10-21)15-11-12(5-6-17-15)22-14-4-2-1-3-13(14)18-19-22/h1-6,11H,7-10H2. The molecule has 0 bridgehead atoms. The lowest BCUT2D eigenvalue weighted by atomic mass is 10.2. The van der Waals surface area contributed by atoms with Gasteiger partial charge in [0.2, 0.25) is 0 Å². The van der Waals surface area contributed by atoms with E-state index in [9.17, 15) is 0 Å². The molecule has 0 saturated carbocycles. The molecular formula is C15H15BN6. The van der Waals surface area contributed by atoms with Gasteiger partial charge < -0.3 is 9.71 Å². The fourth-order valence-corrected chi connectivity index (χ4v) is 2.72. The average molecular weight is 290 g/mol. The van der Waals surface area contributed by atoms with Crippen LogP contribution in [0.5, 0.6) is 0 Å². The maximum absolute atomic E-state index is 5.81. The zero-order chi connectivity index (χ0) is 14.9. The van der Waals surface area contributed by atoms with Gasteiger partial charge in [-0.05, 0) is 18.2 Å². The van der Waals surface area contributed by atoms with Crippen molar-refractivity contribution in [1.29, 1.82) is 0 Å². The van der Waals surface area contributed by atoms with Crippen LogP contribution in [0.1, 0.15) is 0 Å². The highest BCUT2D eigenvalue weighted by molar-refractivity contribution is 6.04. The molecule has 22 heavy (non-hydrogen) atoms. The minimum Gasteiger partial charge on any atom is -0.354 e. The first kappa shape index (κ1) is 13.3. The summed E-state index contributed by atoms with van der Waals surface area (Å²) >= 11 is 0. The second-order valence-electron chi connectivity index (χ2n) is 5.39. The van der Waals surface area contributed by atoms with Crippen LogP contribution in [0.25, 0.3) is 16.7 Å². The predicted molar refractivity (Wildman–Crippen MR) is 86.2 cm³/mol. The molecule has 0 atom stereocenters. The smallest absolute Gasteiger partial charge is 0.182 e. The van der Waals surface area contributed by atoms with Crippen molar-refractivity contribution in [2.24, 2.45) is 0 Å². The summed E-state index contributed by atoms with van der Waals surface area (Å²) in [6.45, 7) is 3.45. The Morgan fingerprint density at radius 2 is 1.82 bits per heavy atom. The number of hydrogen-bond donors (Lipinski definition) is 0. The number of anilines is 1. The highest BCUT2D eigenvalue weighted by Gasteiger charge is 2.16. The van der Waals surface area contributed by atoms with E-state index in [1.54, 1.807) is 0 Å². The molecule has 1 aromatic carbocycles. The SMILES string of the molecule is [B]N1CCN(c2cc(-n3nnc4ccccc43)ccn2)CC1. The molecule has 2 radical (unpaired) electrons. The molecule has 6 nitrogen and oxygen atoms in total. The van der Waals surface area contributed by atoms with Crippen molar-refractivity contribution in [1.82, 2.24) is 24.8 Å². The van der Waals surface area contributed by atoms with Gasteiger partial charge >= 0.3 is 0 Å². The van der Waals surface area contributed by atoms with Crippen LogP contribution in [0.2, 0.25) is 0 Å². The minimum atomic E-state index is 0.845. The van der Waals surface area contributed by atoms with Gasteiger partial charge in [-0.15, -0.1) is 5.10 Å². The lowest BCUT2D eigenvalue weighted by molar-refractivity contribution is 0.413. The minimum absolute atomic E-state index is 0.845. The molecule has 2 aromatic heterocycles. The maximum Gasteiger partial charge on any atom is 0.182 e. The van der Waals surface area contributed by atoms with Crippen LogP contribution < -0.4 is 4.90 Å². The molecule has 0 amide bonds. The number of benzene rings is 1. The molecule has 1 aliphatic rings. The van der Waals surface area contributed by atoms with E-state index in [0.717, 1.165) is 48.7 Å². The predicted octanol–water partition coefficient (Wildman–Crippen LogP) is 1.02. The van der Waals surface area contributed by atoms with E-state index in [4.69, 9.17) is 7.98 Å². The number of piperazine rings is 1. The van der Waals surface area contributed by atoms with Crippen LogP contribution in [-0.2, 0) is 0 Å². The molecule has 0 unspecified atom stereocenters. The molecule has 108 valence electrons. The van der Waals surface area contributed by atoms with Crippen molar-refractivity contribution < 1.29 is 0 Å². The first-order chi connectivity index (χ1) is 10.8. The van der Waals surface area contributed by atoms with E-state index in [2.05, 4.69) is 20.2 Å². The Balaban J connectivity index is 1.70. The van der Waals surface area contributed by atoms with Crippen molar-refractivity contribution in [3.63, 3.8) is 0 Å². The van der Waals surface area contributed by atoms with Crippen molar-refractivity contribution in [2.75, 3.05) is 31.1 Å². The fraction of sp³-hybridized carbons (Fsp3) is 0.267. The Labute approximate surface area is 129 Å². The number of hydrogen-bond acceptors (Lipinski definition) is 5. The number of pyridine rings is 1. The van der Waals surface area contributed by atoms with Gasteiger partial charge in [-0.3, -0.25) is 0 Å². The highest BCUT2D eigenvalue weighted by Crippen LogP contribution is 2.20. The van der Waals surface area contributed by atoms with Crippen LogP contribution in [-0.4, -0.2) is 58.9 Å². The van der Waals surface area contributed by atoms with Gasteiger partial charge in [-0.25, -0.2) is 9.67 Å². The Morgan fingerprint density at radius 1 is 1.00 bits per heavy atom. The number of aromatic nitrogens is 4. The molecule has 1 fully saturated rings. The molecule has 7 heteroatoms. The van der Waals surface area contributed by atoms with Crippen LogP contribution in [0.15, 0.2) is 42.6 Å². The van der Waals surface area contributed by atoms with Crippen molar-refractivity contribution in [3.05, 3.63) is 42.6 Å². The molecule has 0 N–H and O–H groups in total. The Bertz CT molecular complexity index is 793. The highest BCUT2D eigenvalue weighted by atomic mass is 15.4. The van der Waals surface area contributed by atoms with Gasteiger partial charge in [-0.2, -0.15) is 0 Å². The van der Waals surface area contributed by atoms with E-state index in [0.29, 0.717) is 0 Å². The Hall–Kier alpha value is -2.41. The van der Waals surface area contributed by atoms with Crippen molar-refractivity contribution in [2.45, 2.75) is 0 Å². The third kappa shape index (κ3) is 2.33. The molecule has 1 saturated heterocycles. The van der Waals surface area contributed by atoms with E-state index in [1.807, 2.05) is 52.1 Å². The van der Waals surface area contributed by atoms with E-state index >= 15 is 0 Å². The number of rotatable bonds is 2. The summed E-state index contributed by atoms with van der Waals surface area (Å²) in [6, 6.07) is 11.9. The van der Waals surface area contributed by atoms with Crippen LogP contribution in [0.4, 0.5) is 5.82 Å². The molecule has 3 aromatic rings. The van der Waals surface area contributed by atoms with Gasteiger partial charge in [0.05, 0.1) is 11.2 Å². The van der Waals surface area contributed by atoms with E-state index in [-0.39, 0.29) is 0 Å². The maximum atomic E-state index is 5.81. The van der Waals surface area contributed by atoms with Crippen molar-refractivity contribution in [3.8, 4) is 5.69 Å². The molecule has 0 spiro atoms. The molecule has 4 rings (SSSR count). The largest absolute Gasteiger partial charge is 0.354 e. The fourth-order valence-electron chi connectivity index (χ4n) is 2.72. The summed E-state index contributed by atoms with van der Waals surface area (Å²) in [5.74, 6) is 0.949. The zero-order valence-corrected chi connectivity index (χ0v) is 12.1. The average Bonchev–Trinajstić information content (AvgIpc) is 3.00. The third-order valence-corrected chi connectivity index (χ3v) is 3.96. The first-order valence-corrected chi connectivity index (χ1v) is 7.33. The van der Waals surface area contributed by atoms with Gasteiger partial charge in [0.25, 0.3) is 0 Å². The Kier molecular flexibility index (Phi) is 3.27. The molecular weight excluding hydrogens is 275 g/mol. The van der Waals surface area contributed by atoms with Gasteiger partial charge in [0, 0.05) is 38.4 Å². The van der Waals surface area contributed by atoms with Gasteiger partial charge in [0.15, 0.2) is 7.98 Å². The summed E-state index contributed by atoms with van der Waals surface area (Å²) in [7, 11) is 5.81. The summed E-state index contributed by atoms with van der Waals surface area (Å²) in [4.78, 5) is 8.56. The second kappa shape index (κ2) is 5.42. The zero-order valence-electron chi connectivity index (χ0n) is 12.1. The third-order valence-electron chi connectivity index (χ3n) is 3.96. The molecule has 3 heterocycles. The van der Waals surface area contributed by atoms with E-state index < -0.39 is 0 Å². The number of para-hydroxylation sites is 1. The number of nitrogens with zero attached hydrogens (tertiary/aromatic N) is 6. The van der Waals surface area contributed by atoms with E-state index in [1.165, 1.54) is 0 Å². The van der Waals surface area contributed by atoms with Crippen LogP contribution in [0.3, 0.4) is 0 Å². The van der Waals surface area contributed by atoms with Crippen molar-refractivity contribution >= 4 is 24.8 Å². The normalized spacial score (nSPS) is 16.3. The molecule has 1 aliphatic heterocycles. The summed E-state index contributed by atoms with van der Waals surface area (Å²) in [5.41, 5.74) is 2.85. The van der Waals surface area contributed by atoms with Gasteiger partial charge in [-0.1, -0.05) is 17.3 Å². The molecule has 0 aliphatic carbocycles. The van der Waals surface area contributed by atoms with Crippen LogP contribution in [0, 0.1) is 0 Å².